The minimum atomic E-state index is -4.66. The van der Waals surface area contributed by atoms with Gasteiger partial charge in [-0.15, -0.1) is 0 Å². The molecule has 0 aliphatic rings. The average molecular weight is 354 g/mol. The topological polar surface area (TPSA) is 168 Å². The Bertz CT molecular complexity index is 584. The molecule has 0 aromatic heterocycles. The molecule has 0 bridgehead atoms. The Hall–Kier alpha value is -1.41. The smallest absolute Gasteiger partial charge is 0.344 e. The lowest BCUT2D eigenvalue weighted by atomic mass is 10.3. The van der Waals surface area contributed by atoms with E-state index in [4.69, 9.17) is 24.7 Å². The molecule has 12 heteroatoms. The van der Waals surface area contributed by atoms with Gasteiger partial charge < -0.3 is 34.9 Å². The van der Waals surface area contributed by atoms with Crippen LogP contribution in [0.1, 0.15) is 0 Å². The van der Waals surface area contributed by atoms with Crippen LogP contribution in [0.15, 0.2) is 24.3 Å². The van der Waals surface area contributed by atoms with Crippen molar-refractivity contribution in [3.05, 3.63) is 24.3 Å². The van der Waals surface area contributed by atoms with E-state index in [1.807, 2.05) is 0 Å². The molecule has 1 rings (SSSR count). The van der Waals surface area contributed by atoms with E-state index in [2.05, 4.69) is 5.32 Å². The predicted octanol–water partition coefficient (Wildman–Crippen LogP) is -0.0969. The second-order valence-corrected chi connectivity index (χ2v) is 7.67. The molecular weight excluding hydrogens is 338 g/mol. The van der Waals surface area contributed by atoms with Crippen molar-refractivity contribution in [2.45, 2.75) is 0 Å². The quantitative estimate of drug-likeness (QED) is 0.289. The van der Waals surface area contributed by atoms with Crippen molar-refractivity contribution in [2.24, 2.45) is 0 Å². The van der Waals surface area contributed by atoms with Gasteiger partial charge in [-0.05, 0) is 24.3 Å². The molecule has 1 aromatic rings. The van der Waals surface area contributed by atoms with Crippen LogP contribution < -0.4 is 5.32 Å². The molecule has 124 valence electrons. The van der Waals surface area contributed by atoms with Gasteiger partial charge in [0.25, 0.3) is 0 Å². The normalized spacial score (nSPS) is 12.0. The van der Waals surface area contributed by atoms with E-state index < -0.39 is 40.2 Å². The van der Waals surface area contributed by atoms with Crippen molar-refractivity contribution in [2.75, 3.05) is 24.4 Å². The number of aromatic hydroxyl groups is 1. The van der Waals surface area contributed by atoms with Gasteiger partial charge in [0.05, 0.1) is 6.54 Å². The second-order valence-electron chi connectivity index (χ2n) is 4.45. The first-order chi connectivity index (χ1) is 9.96. The third kappa shape index (κ3) is 7.56. The summed E-state index contributed by atoms with van der Waals surface area (Å²) in [6.07, 6.45) is -2.18. The minimum Gasteiger partial charge on any atom is -0.508 e. The number of hydrogen-bond acceptors (Lipinski definition) is 5. The SMILES string of the molecule is O=C(CNc1ccc(O)cc1)N(CP(=O)(O)O)CP(=O)(O)O. The molecule has 22 heavy (non-hydrogen) atoms. The maximum absolute atomic E-state index is 11.9. The number of hydrogen-bond donors (Lipinski definition) is 6. The number of anilines is 1. The number of nitrogens with one attached hydrogen (secondary N) is 1. The van der Waals surface area contributed by atoms with E-state index in [0.29, 0.717) is 10.6 Å². The Morgan fingerprint density at radius 2 is 1.45 bits per heavy atom. The average Bonchev–Trinajstić information content (AvgIpc) is 2.33. The minimum absolute atomic E-state index is 0.0153. The highest BCUT2D eigenvalue weighted by Gasteiger charge is 2.29. The molecule has 1 amide bonds. The van der Waals surface area contributed by atoms with E-state index in [-0.39, 0.29) is 5.75 Å². The van der Waals surface area contributed by atoms with Crippen LogP contribution in [-0.2, 0) is 13.9 Å². The van der Waals surface area contributed by atoms with Gasteiger partial charge in [0.1, 0.15) is 18.3 Å². The predicted molar refractivity (Wildman–Crippen MR) is 77.3 cm³/mol. The van der Waals surface area contributed by atoms with Gasteiger partial charge in [0, 0.05) is 5.69 Å². The van der Waals surface area contributed by atoms with Crippen LogP contribution in [0.3, 0.4) is 0 Å². The van der Waals surface area contributed by atoms with Crippen molar-refractivity contribution in [1.29, 1.82) is 0 Å². The molecule has 0 unspecified atom stereocenters. The van der Waals surface area contributed by atoms with Crippen LogP contribution in [0.5, 0.6) is 5.75 Å². The zero-order chi connectivity index (χ0) is 17.0. The highest BCUT2D eigenvalue weighted by Crippen LogP contribution is 2.40. The Morgan fingerprint density at radius 1 is 1.00 bits per heavy atom. The van der Waals surface area contributed by atoms with Crippen LogP contribution in [0.25, 0.3) is 0 Å². The molecule has 0 spiro atoms. The van der Waals surface area contributed by atoms with E-state index >= 15 is 0 Å². The summed E-state index contributed by atoms with van der Waals surface area (Å²) in [6, 6.07) is 5.63. The second kappa shape index (κ2) is 7.23. The lowest BCUT2D eigenvalue weighted by Crippen LogP contribution is -2.37. The van der Waals surface area contributed by atoms with Crippen LogP contribution >= 0.6 is 15.2 Å². The molecule has 10 nitrogen and oxygen atoms in total. The summed E-state index contributed by atoms with van der Waals surface area (Å²) in [5.74, 6) is -0.874. The molecule has 0 saturated carbocycles. The van der Waals surface area contributed by atoms with Gasteiger partial charge in [-0.3, -0.25) is 13.9 Å². The van der Waals surface area contributed by atoms with Gasteiger partial charge >= 0.3 is 15.2 Å². The zero-order valence-corrected chi connectivity index (χ0v) is 13.0. The number of carbonyl (C=O) groups excluding carboxylic acids is 1. The van der Waals surface area contributed by atoms with E-state index in [9.17, 15) is 13.9 Å². The van der Waals surface area contributed by atoms with Crippen molar-refractivity contribution in [1.82, 2.24) is 4.90 Å². The highest BCUT2D eigenvalue weighted by molar-refractivity contribution is 7.52. The molecule has 0 atom stereocenters. The maximum atomic E-state index is 11.9. The number of nitrogens with zero attached hydrogens (tertiary/aromatic N) is 1. The fraction of sp³-hybridized carbons (Fsp3) is 0.300. The standard InChI is InChI=1S/C10H16N2O8P2/c13-9-3-1-8(2-4-9)11-5-10(14)12(6-21(15,16)17)7-22(18,19)20/h1-4,11,13H,5-7H2,(H2,15,16,17)(H2,18,19,20). The third-order valence-corrected chi connectivity index (χ3v) is 3.79. The summed E-state index contributed by atoms with van der Waals surface area (Å²) in [5, 5.41) is 11.7. The monoisotopic (exact) mass is 354 g/mol. The largest absolute Gasteiger partial charge is 0.508 e. The molecule has 0 fully saturated rings. The molecule has 0 aliphatic heterocycles. The Labute approximate surface area is 125 Å². The molecule has 0 radical (unpaired) electrons. The summed E-state index contributed by atoms with van der Waals surface area (Å²) in [5.41, 5.74) is 0.443. The number of phenolic OH excluding ortho intramolecular Hbond substituents is 1. The lowest BCUT2D eigenvalue weighted by molar-refractivity contribution is -0.128. The van der Waals surface area contributed by atoms with Gasteiger partial charge in [0.2, 0.25) is 5.91 Å². The Morgan fingerprint density at radius 3 is 1.86 bits per heavy atom. The fourth-order valence-corrected chi connectivity index (χ4v) is 3.08. The zero-order valence-electron chi connectivity index (χ0n) is 11.2. The summed E-state index contributed by atoms with van der Waals surface area (Å²) >= 11 is 0. The summed E-state index contributed by atoms with van der Waals surface area (Å²) in [6.45, 7) is -0.426. The molecular formula is C10H16N2O8P2. The van der Waals surface area contributed by atoms with Crippen molar-refractivity contribution in [3.8, 4) is 5.75 Å². The van der Waals surface area contributed by atoms with Crippen LogP contribution in [0.2, 0.25) is 0 Å². The highest BCUT2D eigenvalue weighted by atomic mass is 31.2. The fourth-order valence-electron chi connectivity index (χ4n) is 1.52. The van der Waals surface area contributed by atoms with Crippen LogP contribution in [-0.4, -0.2) is 54.6 Å². The molecule has 6 N–H and O–H groups in total. The summed E-state index contributed by atoms with van der Waals surface area (Å²) < 4.78 is 21.9. The van der Waals surface area contributed by atoms with Crippen LogP contribution in [0, 0.1) is 0 Å². The number of benzene rings is 1. The van der Waals surface area contributed by atoms with E-state index in [1.165, 1.54) is 24.3 Å². The molecule has 1 aromatic carbocycles. The van der Waals surface area contributed by atoms with Gasteiger partial charge in [0.15, 0.2) is 0 Å². The molecule has 0 saturated heterocycles. The molecule has 0 heterocycles. The lowest BCUT2D eigenvalue weighted by Gasteiger charge is -2.23. The maximum Gasteiger partial charge on any atom is 0.344 e. The number of amides is 1. The van der Waals surface area contributed by atoms with Crippen molar-refractivity contribution in [3.63, 3.8) is 0 Å². The third-order valence-electron chi connectivity index (χ3n) is 2.37. The Kier molecular flexibility index (Phi) is 6.13. The first-order valence-electron chi connectivity index (χ1n) is 5.86. The number of phenols is 1. The van der Waals surface area contributed by atoms with Gasteiger partial charge in [-0.1, -0.05) is 0 Å². The first-order valence-corrected chi connectivity index (χ1v) is 9.46. The van der Waals surface area contributed by atoms with Crippen molar-refractivity contribution >= 4 is 26.8 Å². The van der Waals surface area contributed by atoms with Crippen LogP contribution in [0.4, 0.5) is 5.69 Å². The van der Waals surface area contributed by atoms with E-state index in [1.54, 1.807) is 0 Å². The number of rotatable bonds is 7. The number of carbonyl (C=O) groups is 1. The van der Waals surface area contributed by atoms with Gasteiger partial charge in [-0.25, -0.2) is 0 Å². The first kappa shape index (κ1) is 18.6. The Balaban J connectivity index is 2.72. The van der Waals surface area contributed by atoms with Crippen molar-refractivity contribution < 1.29 is 38.6 Å². The molecule has 0 aliphatic carbocycles. The summed E-state index contributed by atoms with van der Waals surface area (Å²) in [4.78, 5) is 47.7. The van der Waals surface area contributed by atoms with E-state index in [0.717, 1.165) is 0 Å². The van der Waals surface area contributed by atoms with Gasteiger partial charge in [-0.2, -0.15) is 0 Å². The summed E-state index contributed by atoms with van der Waals surface area (Å²) in [7, 11) is -9.33.